The first kappa shape index (κ1) is 15.8. The van der Waals surface area contributed by atoms with Crippen molar-refractivity contribution < 1.29 is 5.11 Å². The molecule has 118 valence electrons. The van der Waals surface area contributed by atoms with Crippen LogP contribution < -0.4 is 0 Å². The Balaban J connectivity index is 1.70. The fourth-order valence-corrected chi connectivity index (χ4v) is 5.64. The van der Waals surface area contributed by atoms with Crippen molar-refractivity contribution in [3.63, 3.8) is 0 Å². The van der Waals surface area contributed by atoms with Crippen LogP contribution in [0.3, 0.4) is 0 Å². The van der Waals surface area contributed by atoms with E-state index in [2.05, 4.69) is 46.9 Å². The number of aliphatic hydroxyl groups excluding tert-OH is 1. The minimum atomic E-state index is -0.193. The molecular weight excluding hydrogens is 324 g/mol. The molecule has 0 amide bonds. The van der Waals surface area contributed by atoms with Crippen LogP contribution >= 0.6 is 15.9 Å². The second-order valence-corrected chi connectivity index (χ2v) is 8.31. The van der Waals surface area contributed by atoms with Crippen molar-refractivity contribution in [2.45, 2.75) is 64.9 Å². The molecule has 0 heterocycles. The van der Waals surface area contributed by atoms with Crippen LogP contribution in [0.1, 0.15) is 58.8 Å². The zero-order valence-electron chi connectivity index (χ0n) is 13.4. The summed E-state index contributed by atoms with van der Waals surface area (Å²) in [6.07, 6.45) is 13.3. The van der Waals surface area contributed by atoms with Gasteiger partial charge >= 0.3 is 0 Å². The second-order valence-electron chi connectivity index (χ2n) is 7.85. The number of halogens is 1. The highest BCUT2D eigenvalue weighted by atomic mass is 79.9. The molecule has 1 N–H and O–H groups in total. The van der Waals surface area contributed by atoms with Crippen molar-refractivity contribution in [2.24, 2.45) is 29.1 Å². The van der Waals surface area contributed by atoms with Crippen LogP contribution in [0.4, 0.5) is 0 Å². The van der Waals surface area contributed by atoms with Gasteiger partial charge in [0.25, 0.3) is 0 Å². The van der Waals surface area contributed by atoms with Gasteiger partial charge in [-0.2, -0.15) is 0 Å². The Hall–Kier alpha value is -0.0800. The molecule has 1 nitrogen and oxygen atoms in total. The third kappa shape index (κ3) is 3.03. The van der Waals surface area contributed by atoms with Gasteiger partial charge in [-0.1, -0.05) is 47.5 Å². The largest absolute Gasteiger partial charge is 0.389 e. The van der Waals surface area contributed by atoms with E-state index in [-0.39, 0.29) is 6.10 Å². The molecule has 0 aromatic carbocycles. The minimum Gasteiger partial charge on any atom is -0.389 e. The van der Waals surface area contributed by atoms with Crippen LogP contribution in [0.5, 0.6) is 0 Å². The topological polar surface area (TPSA) is 20.2 Å². The maximum atomic E-state index is 10.1. The van der Waals surface area contributed by atoms with Crippen LogP contribution in [0, 0.1) is 29.1 Å². The predicted octanol–water partition coefficient (Wildman–Crippen LogP) is 5.44. The van der Waals surface area contributed by atoms with E-state index in [9.17, 15) is 5.11 Å². The molecule has 2 heteroatoms. The van der Waals surface area contributed by atoms with Gasteiger partial charge in [-0.3, -0.25) is 0 Å². The van der Waals surface area contributed by atoms with Crippen molar-refractivity contribution in [1.82, 2.24) is 0 Å². The summed E-state index contributed by atoms with van der Waals surface area (Å²) >= 11 is 3.59. The fraction of sp³-hybridized carbons (Fsp3) is 0.789. The van der Waals surface area contributed by atoms with Crippen LogP contribution in [-0.4, -0.2) is 11.2 Å². The standard InChI is InChI=1S/C19H29BrO/c1-13(5-10-18(21)14-6-7-14)16-8-9-17-15(12-20)4-3-11-19(16,17)2/h5,10,12-14,16-18,21H,3-4,6-9,11H2,1-2H3/b10-5+,15-12+/t13-,16-,17?,18?,19-/m1/s1. The molecule has 21 heavy (non-hydrogen) atoms. The molecular formula is C19H29BrO. The Kier molecular flexibility index (Phi) is 4.66. The van der Waals surface area contributed by atoms with Crippen LogP contribution in [0.15, 0.2) is 22.7 Å². The van der Waals surface area contributed by atoms with Gasteiger partial charge in [0, 0.05) is 0 Å². The molecule has 3 rings (SSSR count). The molecule has 3 aliphatic rings. The summed E-state index contributed by atoms with van der Waals surface area (Å²) in [4.78, 5) is 2.20. The van der Waals surface area contributed by atoms with Gasteiger partial charge in [-0.15, -0.1) is 0 Å². The summed E-state index contributed by atoms with van der Waals surface area (Å²) in [7, 11) is 0. The van der Waals surface area contributed by atoms with Crippen molar-refractivity contribution in [2.75, 3.05) is 0 Å². The summed E-state index contributed by atoms with van der Waals surface area (Å²) in [5.74, 6) is 2.69. The summed E-state index contributed by atoms with van der Waals surface area (Å²) in [6.45, 7) is 4.88. The smallest absolute Gasteiger partial charge is 0.0749 e. The molecule has 0 spiro atoms. The van der Waals surface area contributed by atoms with Crippen molar-refractivity contribution >= 4 is 15.9 Å². The molecule has 0 aromatic rings. The average molecular weight is 353 g/mol. The number of aliphatic hydroxyl groups is 1. The molecule has 0 radical (unpaired) electrons. The van der Waals surface area contributed by atoms with E-state index in [1.54, 1.807) is 5.57 Å². The molecule has 2 unspecified atom stereocenters. The highest BCUT2D eigenvalue weighted by Crippen LogP contribution is 2.59. The zero-order chi connectivity index (χ0) is 15.0. The van der Waals surface area contributed by atoms with E-state index >= 15 is 0 Å². The quantitative estimate of drug-likeness (QED) is 0.667. The van der Waals surface area contributed by atoms with Gasteiger partial charge in [0.1, 0.15) is 0 Å². The van der Waals surface area contributed by atoms with E-state index < -0.39 is 0 Å². The third-order valence-electron chi connectivity index (χ3n) is 6.53. The summed E-state index contributed by atoms with van der Waals surface area (Å²) in [6, 6.07) is 0. The summed E-state index contributed by atoms with van der Waals surface area (Å²) in [5.41, 5.74) is 2.10. The summed E-state index contributed by atoms with van der Waals surface area (Å²) in [5, 5.41) is 10.1. The van der Waals surface area contributed by atoms with Gasteiger partial charge in [0.15, 0.2) is 0 Å². The molecule has 3 saturated carbocycles. The average Bonchev–Trinajstić information content (AvgIpc) is 3.25. The predicted molar refractivity (Wildman–Crippen MR) is 92.2 cm³/mol. The number of fused-ring (bicyclic) bond motifs is 1. The highest BCUT2D eigenvalue weighted by Gasteiger charge is 2.50. The number of hydrogen-bond acceptors (Lipinski definition) is 1. The summed E-state index contributed by atoms with van der Waals surface area (Å²) < 4.78 is 0. The molecule has 0 aromatic heterocycles. The zero-order valence-corrected chi connectivity index (χ0v) is 15.0. The normalized spacial score (nSPS) is 41.4. The minimum absolute atomic E-state index is 0.193. The van der Waals surface area contributed by atoms with E-state index in [0.717, 1.165) is 11.8 Å². The first-order valence-corrected chi connectivity index (χ1v) is 9.63. The lowest BCUT2D eigenvalue weighted by atomic mass is 9.61. The van der Waals surface area contributed by atoms with Gasteiger partial charge in [0.2, 0.25) is 0 Å². The maximum absolute atomic E-state index is 10.1. The SMILES string of the molecule is C[C@H](/C=C/C(O)C1CC1)[C@H]1CCC2/C(=C/Br)CCC[C@@]21C. The van der Waals surface area contributed by atoms with Crippen molar-refractivity contribution in [3.05, 3.63) is 22.7 Å². The van der Waals surface area contributed by atoms with Crippen molar-refractivity contribution in [1.29, 1.82) is 0 Å². The fourth-order valence-electron chi connectivity index (χ4n) is 5.09. The van der Waals surface area contributed by atoms with Crippen LogP contribution in [0.2, 0.25) is 0 Å². The van der Waals surface area contributed by atoms with Crippen LogP contribution in [-0.2, 0) is 0 Å². The first-order valence-electron chi connectivity index (χ1n) is 8.72. The molecule has 0 saturated heterocycles. The highest BCUT2D eigenvalue weighted by molar-refractivity contribution is 9.11. The van der Waals surface area contributed by atoms with Crippen molar-refractivity contribution in [3.8, 4) is 0 Å². The molecule has 3 aliphatic carbocycles. The Morgan fingerprint density at radius 3 is 2.67 bits per heavy atom. The Labute approximate surface area is 138 Å². The first-order chi connectivity index (χ1) is 10.1. The lowest BCUT2D eigenvalue weighted by Crippen LogP contribution is -2.35. The van der Waals surface area contributed by atoms with Gasteiger partial charge in [0.05, 0.1) is 6.10 Å². The van der Waals surface area contributed by atoms with E-state index in [1.807, 2.05) is 0 Å². The van der Waals surface area contributed by atoms with Crippen LogP contribution in [0.25, 0.3) is 0 Å². The van der Waals surface area contributed by atoms with Gasteiger partial charge in [-0.05, 0) is 79.0 Å². The molecule has 3 fully saturated rings. The maximum Gasteiger partial charge on any atom is 0.0749 e. The third-order valence-corrected chi connectivity index (χ3v) is 7.12. The Morgan fingerprint density at radius 2 is 2.00 bits per heavy atom. The number of hydrogen-bond donors (Lipinski definition) is 1. The van der Waals surface area contributed by atoms with E-state index in [4.69, 9.17) is 0 Å². The second kappa shape index (κ2) is 6.20. The molecule has 0 bridgehead atoms. The Morgan fingerprint density at radius 1 is 1.24 bits per heavy atom. The van der Waals surface area contributed by atoms with E-state index in [1.165, 1.54) is 44.9 Å². The number of rotatable bonds is 4. The monoisotopic (exact) mass is 352 g/mol. The number of allylic oxidation sites excluding steroid dienone is 2. The van der Waals surface area contributed by atoms with Gasteiger partial charge in [-0.25, -0.2) is 0 Å². The van der Waals surface area contributed by atoms with Gasteiger partial charge < -0.3 is 5.11 Å². The lowest BCUT2D eigenvalue weighted by Gasteiger charge is -2.43. The lowest BCUT2D eigenvalue weighted by molar-refractivity contribution is 0.111. The van der Waals surface area contributed by atoms with E-state index in [0.29, 0.717) is 17.3 Å². The molecule has 0 aliphatic heterocycles. The molecule has 5 atom stereocenters. The Bertz CT molecular complexity index is 437.